The van der Waals surface area contributed by atoms with Gasteiger partial charge >= 0.3 is 0 Å². The molecule has 3 N–H and O–H groups in total. The lowest BCUT2D eigenvalue weighted by atomic mass is 9.93. The Kier molecular flexibility index (Phi) is 3.47. The van der Waals surface area contributed by atoms with Crippen molar-refractivity contribution in [1.82, 2.24) is 0 Å². The molecule has 20 heavy (non-hydrogen) atoms. The molecule has 2 nitrogen and oxygen atoms in total. The molecule has 0 saturated heterocycles. The highest BCUT2D eigenvalue weighted by molar-refractivity contribution is 9.10. The van der Waals surface area contributed by atoms with Gasteiger partial charge in [-0.3, -0.25) is 0 Å². The van der Waals surface area contributed by atoms with Crippen molar-refractivity contribution in [3.05, 3.63) is 76.3 Å². The molecule has 0 spiro atoms. The zero-order valence-electron chi connectivity index (χ0n) is 10.8. The van der Waals surface area contributed by atoms with E-state index in [1.165, 1.54) is 0 Å². The monoisotopic (exact) mass is 327 g/mol. The van der Waals surface area contributed by atoms with Crippen LogP contribution in [0, 0.1) is 0 Å². The molecule has 3 aromatic carbocycles. The largest absolute Gasteiger partial charge is 0.508 e. The molecular formula is C17H14BrNO. The van der Waals surface area contributed by atoms with Crippen molar-refractivity contribution in [1.29, 1.82) is 0 Å². The summed E-state index contributed by atoms with van der Waals surface area (Å²) in [6.45, 7) is 0. The fourth-order valence-corrected chi connectivity index (χ4v) is 2.71. The molecule has 0 radical (unpaired) electrons. The number of halogens is 1. The molecule has 3 rings (SSSR count). The third-order valence-corrected chi connectivity index (χ3v) is 4.02. The molecule has 0 saturated carbocycles. The minimum atomic E-state index is -0.353. The van der Waals surface area contributed by atoms with Crippen LogP contribution in [0.25, 0.3) is 10.8 Å². The molecule has 0 amide bonds. The third kappa shape index (κ3) is 2.30. The molecular weight excluding hydrogens is 314 g/mol. The van der Waals surface area contributed by atoms with Gasteiger partial charge in [-0.1, -0.05) is 58.4 Å². The van der Waals surface area contributed by atoms with Gasteiger partial charge in [0.25, 0.3) is 0 Å². The van der Waals surface area contributed by atoms with Crippen LogP contribution in [0.2, 0.25) is 0 Å². The van der Waals surface area contributed by atoms with Crippen LogP contribution < -0.4 is 5.73 Å². The first kappa shape index (κ1) is 13.2. The number of benzene rings is 3. The molecule has 0 bridgehead atoms. The normalized spacial score (nSPS) is 12.5. The summed E-state index contributed by atoms with van der Waals surface area (Å²) in [7, 11) is 0. The van der Waals surface area contributed by atoms with Gasteiger partial charge in [-0.05, 0) is 34.5 Å². The third-order valence-electron chi connectivity index (χ3n) is 3.49. The smallest absolute Gasteiger partial charge is 0.121 e. The molecule has 0 aromatic heterocycles. The summed E-state index contributed by atoms with van der Waals surface area (Å²) in [6, 6.07) is 19.1. The molecule has 1 atom stereocenters. The van der Waals surface area contributed by atoms with E-state index in [1.54, 1.807) is 6.07 Å². The standard InChI is InChI=1S/C17H14BrNO/c18-13-8-5-12(6-9-13)17(19)16-14-4-2-1-3-11(14)7-10-15(16)20/h1-10,17,20H,19H2. The maximum Gasteiger partial charge on any atom is 0.121 e. The average molecular weight is 328 g/mol. The van der Waals surface area contributed by atoms with E-state index < -0.39 is 0 Å². The lowest BCUT2D eigenvalue weighted by molar-refractivity contribution is 0.466. The fraction of sp³-hybridized carbons (Fsp3) is 0.0588. The van der Waals surface area contributed by atoms with Crippen LogP contribution in [0.1, 0.15) is 17.2 Å². The molecule has 0 fully saturated rings. The molecule has 0 heterocycles. The molecule has 1 unspecified atom stereocenters. The summed E-state index contributed by atoms with van der Waals surface area (Å²) < 4.78 is 1.01. The van der Waals surface area contributed by atoms with Gasteiger partial charge in [-0.2, -0.15) is 0 Å². The number of rotatable bonds is 2. The summed E-state index contributed by atoms with van der Waals surface area (Å²) >= 11 is 3.41. The zero-order chi connectivity index (χ0) is 14.1. The van der Waals surface area contributed by atoms with Crippen LogP contribution in [0.5, 0.6) is 5.75 Å². The van der Waals surface area contributed by atoms with Crippen molar-refractivity contribution in [2.75, 3.05) is 0 Å². The van der Waals surface area contributed by atoms with Gasteiger partial charge in [-0.15, -0.1) is 0 Å². The van der Waals surface area contributed by atoms with Gasteiger partial charge in [0, 0.05) is 10.0 Å². The maximum atomic E-state index is 10.2. The second kappa shape index (κ2) is 5.27. The van der Waals surface area contributed by atoms with Gasteiger partial charge in [0.15, 0.2) is 0 Å². The Bertz CT molecular complexity index is 753. The molecule has 0 aliphatic rings. The van der Waals surface area contributed by atoms with Crippen LogP contribution in [0.15, 0.2) is 65.1 Å². The van der Waals surface area contributed by atoms with Gasteiger partial charge < -0.3 is 10.8 Å². The van der Waals surface area contributed by atoms with Crippen LogP contribution >= 0.6 is 15.9 Å². The predicted octanol–water partition coefficient (Wildman–Crippen LogP) is 4.36. The lowest BCUT2D eigenvalue weighted by Crippen LogP contribution is -2.12. The first-order valence-corrected chi connectivity index (χ1v) is 7.18. The quantitative estimate of drug-likeness (QED) is 0.734. The average Bonchev–Trinajstić information content (AvgIpc) is 2.47. The summed E-state index contributed by atoms with van der Waals surface area (Å²) in [6.07, 6.45) is 0. The summed E-state index contributed by atoms with van der Waals surface area (Å²) in [5.41, 5.74) is 8.10. The lowest BCUT2D eigenvalue weighted by Gasteiger charge is -2.17. The maximum absolute atomic E-state index is 10.2. The van der Waals surface area contributed by atoms with E-state index in [4.69, 9.17) is 5.73 Å². The summed E-state index contributed by atoms with van der Waals surface area (Å²) in [5, 5.41) is 12.3. The number of aromatic hydroxyl groups is 1. The van der Waals surface area contributed by atoms with Gasteiger partial charge in [0.05, 0.1) is 6.04 Å². The fourth-order valence-electron chi connectivity index (χ4n) is 2.45. The molecule has 3 aromatic rings. The Balaban J connectivity index is 2.18. The van der Waals surface area contributed by atoms with Crippen molar-refractivity contribution in [3.8, 4) is 5.75 Å². The van der Waals surface area contributed by atoms with E-state index in [0.29, 0.717) is 0 Å². The molecule has 100 valence electrons. The molecule has 0 aliphatic carbocycles. The summed E-state index contributed by atoms with van der Waals surface area (Å²) in [4.78, 5) is 0. The van der Waals surface area contributed by atoms with Crippen molar-refractivity contribution in [2.45, 2.75) is 6.04 Å². The number of phenolic OH excluding ortho intramolecular Hbond substituents is 1. The van der Waals surface area contributed by atoms with Crippen molar-refractivity contribution in [2.24, 2.45) is 5.73 Å². The van der Waals surface area contributed by atoms with Gasteiger partial charge in [0.1, 0.15) is 5.75 Å². The Morgan fingerprint density at radius 2 is 1.60 bits per heavy atom. The number of nitrogens with two attached hydrogens (primary N) is 1. The molecule has 0 aliphatic heterocycles. The minimum Gasteiger partial charge on any atom is -0.508 e. The van der Waals surface area contributed by atoms with Crippen LogP contribution in [0.4, 0.5) is 0 Å². The first-order chi connectivity index (χ1) is 9.66. The first-order valence-electron chi connectivity index (χ1n) is 6.38. The topological polar surface area (TPSA) is 46.2 Å². The van der Waals surface area contributed by atoms with Crippen molar-refractivity contribution < 1.29 is 5.11 Å². The van der Waals surface area contributed by atoms with E-state index in [-0.39, 0.29) is 11.8 Å². The van der Waals surface area contributed by atoms with Gasteiger partial charge in [-0.25, -0.2) is 0 Å². The van der Waals surface area contributed by atoms with Crippen LogP contribution in [-0.2, 0) is 0 Å². The number of phenols is 1. The Labute approximate surface area is 126 Å². The zero-order valence-corrected chi connectivity index (χ0v) is 12.3. The SMILES string of the molecule is NC(c1ccc(Br)cc1)c1c(O)ccc2ccccc12. The van der Waals surface area contributed by atoms with Crippen molar-refractivity contribution >= 4 is 26.7 Å². The second-order valence-electron chi connectivity index (χ2n) is 4.75. The van der Waals surface area contributed by atoms with Gasteiger partial charge in [0.2, 0.25) is 0 Å². The highest BCUT2D eigenvalue weighted by Gasteiger charge is 2.16. The predicted molar refractivity (Wildman–Crippen MR) is 85.8 cm³/mol. The Hall–Kier alpha value is -1.84. The van der Waals surface area contributed by atoms with Crippen LogP contribution in [-0.4, -0.2) is 5.11 Å². The highest BCUT2D eigenvalue weighted by atomic mass is 79.9. The minimum absolute atomic E-state index is 0.235. The van der Waals surface area contributed by atoms with E-state index in [1.807, 2.05) is 54.6 Å². The Morgan fingerprint density at radius 1 is 0.900 bits per heavy atom. The summed E-state index contributed by atoms with van der Waals surface area (Å²) in [5.74, 6) is 0.235. The molecule has 3 heteroatoms. The second-order valence-corrected chi connectivity index (χ2v) is 5.66. The van der Waals surface area contributed by atoms with E-state index in [2.05, 4.69) is 15.9 Å². The van der Waals surface area contributed by atoms with Crippen LogP contribution in [0.3, 0.4) is 0 Å². The van der Waals surface area contributed by atoms with E-state index >= 15 is 0 Å². The van der Waals surface area contributed by atoms with E-state index in [0.717, 1.165) is 26.4 Å². The van der Waals surface area contributed by atoms with E-state index in [9.17, 15) is 5.11 Å². The Morgan fingerprint density at radius 3 is 2.35 bits per heavy atom. The number of fused-ring (bicyclic) bond motifs is 1. The number of hydrogen-bond donors (Lipinski definition) is 2. The highest BCUT2D eigenvalue weighted by Crippen LogP contribution is 2.34. The number of hydrogen-bond acceptors (Lipinski definition) is 2. The van der Waals surface area contributed by atoms with Crippen molar-refractivity contribution in [3.63, 3.8) is 0 Å².